The Morgan fingerprint density at radius 2 is 1.93 bits per heavy atom. The predicted octanol–water partition coefficient (Wildman–Crippen LogP) is 4.64. The van der Waals surface area contributed by atoms with Crippen molar-refractivity contribution < 1.29 is 4.79 Å². The van der Waals surface area contributed by atoms with E-state index in [0.29, 0.717) is 6.42 Å². The van der Waals surface area contributed by atoms with Gasteiger partial charge in [0.1, 0.15) is 0 Å². The number of hydrogen-bond acceptors (Lipinski definition) is 4. The van der Waals surface area contributed by atoms with Crippen molar-refractivity contribution in [3.05, 3.63) is 60.2 Å². The second-order valence-electron chi connectivity index (χ2n) is 6.65. The number of hydrogen-bond donors (Lipinski definition) is 1. The fraction of sp³-hybridized carbons (Fsp3) is 0.318. The molecule has 1 amide bonds. The van der Waals surface area contributed by atoms with Crippen LogP contribution in [0.3, 0.4) is 0 Å². The van der Waals surface area contributed by atoms with Crippen LogP contribution in [0.25, 0.3) is 17.1 Å². The van der Waals surface area contributed by atoms with Crippen LogP contribution in [0.15, 0.2) is 59.8 Å². The third-order valence-corrected chi connectivity index (χ3v) is 5.29. The van der Waals surface area contributed by atoms with Gasteiger partial charge in [-0.15, -0.1) is 10.2 Å². The second kappa shape index (κ2) is 10.1. The minimum atomic E-state index is 0.118. The molecule has 0 unspecified atom stereocenters. The van der Waals surface area contributed by atoms with Gasteiger partial charge in [-0.3, -0.25) is 9.36 Å². The topological polar surface area (TPSA) is 59.8 Å². The lowest BCUT2D eigenvalue weighted by Crippen LogP contribution is -2.23. The largest absolute Gasteiger partial charge is 0.356 e. The summed E-state index contributed by atoms with van der Waals surface area (Å²) in [5, 5.41) is 12.7. The first-order valence-corrected chi connectivity index (χ1v) is 10.6. The molecule has 1 N–H and O–H groups in total. The molecule has 146 valence electrons. The zero-order valence-electron chi connectivity index (χ0n) is 16.4. The number of carbonyl (C=O) groups is 1. The molecule has 0 fully saturated rings. The third kappa shape index (κ3) is 5.23. The number of aromatic nitrogens is 3. The lowest BCUT2D eigenvalue weighted by molar-refractivity contribution is -0.121. The second-order valence-corrected chi connectivity index (χ2v) is 7.71. The van der Waals surface area contributed by atoms with Crippen LogP contribution in [-0.4, -0.2) is 33.0 Å². The van der Waals surface area contributed by atoms with Gasteiger partial charge in [-0.25, -0.2) is 0 Å². The van der Waals surface area contributed by atoms with Crippen LogP contribution in [0, 0.1) is 6.92 Å². The molecule has 1 heterocycles. The molecule has 28 heavy (non-hydrogen) atoms. The number of benzene rings is 2. The summed E-state index contributed by atoms with van der Waals surface area (Å²) in [6, 6.07) is 18.4. The van der Waals surface area contributed by atoms with E-state index in [-0.39, 0.29) is 5.91 Å². The summed E-state index contributed by atoms with van der Waals surface area (Å²) in [4.78, 5) is 11.8. The SMILES string of the molecule is CCCNC(=O)CCCSc1nnc(-c2ccccc2)n1-c1cccc(C)c1. The van der Waals surface area contributed by atoms with Crippen molar-refractivity contribution in [1.29, 1.82) is 0 Å². The number of nitrogens with zero attached hydrogens (tertiary/aromatic N) is 3. The summed E-state index contributed by atoms with van der Waals surface area (Å²) in [5.74, 6) is 1.76. The van der Waals surface area contributed by atoms with Crippen molar-refractivity contribution in [3.63, 3.8) is 0 Å². The fourth-order valence-corrected chi connectivity index (χ4v) is 3.78. The van der Waals surface area contributed by atoms with Crippen molar-refractivity contribution >= 4 is 17.7 Å². The van der Waals surface area contributed by atoms with Crippen LogP contribution in [-0.2, 0) is 4.79 Å². The van der Waals surface area contributed by atoms with Gasteiger partial charge in [-0.2, -0.15) is 0 Å². The Bertz CT molecular complexity index is 908. The van der Waals surface area contributed by atoms with Gasteiger partial charge in [0.25, 0.3) is 0 Å². The highest BCUT2D eigenvalue weighted by molar-refractivity contribution is 7.99. The van der Waals surface area contributed by atoms with Crippen molar-refractivity contribution in [2.45, 2.75) is 38.3 Å². The van der Waals surface area contributed by atoms with E-state index in [2.05, 4.69) is 52.1 Å². The molecule has 0 saturated heterocycles. The maximum absolute atomic E-state index is 11.8. The average molecular weight is 395 g/mol. The molecule has 0 bridgehead atoms. The van der Waals surface area contributed by atoms with Gasteiger partial charge in [0.05, 0.1) is 0 Å². The maximum atomic E-state index is 11.8. The molecule has 0 saturated carbocycles. The van der Waals surface area contributed by atoms with E-state index in [1.807, 2.05) is 36.4 Å². The number of amides is 1. The van der Waals surface area contributed by atoms with Gasteiger partial charge in [0.2, 0.25) is 5.91 Å². The van der Waals surface area contributed by atoms with Gasteiger partial charge in [-0.05, 0) is 37.5 Å². The zero-order chi connectivity index (χ0) is 19.8. The van der Waals surface area contributed by atoms with Crippen LogP contribution in [0.1, 0.15) is 31.7 Å². The molecule has 0 aliphatic carbocycles. The Balaban J connectivity index is 1.78. The fourth-order valence-electron chi connectivity index (χ4n) is 2.89. The highest BCUT2D eigenvalue weighted by atomic mass is 32.2. The van der Waals surface area contributed by atoms with Crippen LogP contribution in [0.4, 0.5) is 0 Å². The van der Waals surface area contributed by atoms with E-state index in [1.165, 1.54) is 5.56 Å². The van der Waals surface area contributed by atoms with Gasteiger partial charge in [-0.1, -0.05) is 61.2 Å². The number of aryl methyl sites for hydroxylation is 1. The minimum Gasteiger partial charge on any atom is -0.356 e. The van der Waals surface area contributed by atoms with Crippen LogP contribution in [0.2, 0.25) is 0 Å². The lowest BCUT2D eigenvalue weighted by Gasteiger charge is -2.11. The molecule has 3 aromatic rings. The molecule has 0 spiro atoms. The maximum Gasteiger partial charge on any atom is 0.220 e. The first kappa shape index (κ1) is 20.1. The number of carbonyl (C=O) groups excluding carboxylic acids is 1. The monoisotopic (exact) mass is 394 g/mol. The molecular formula is C22H26N4OS. The van der Waals surface area contributed by atoms with Gasteiger partial charge >= 0.3 is 0 Å². The summed E-state index contributed by atoms with van der Waals surface area (Å²) >= 11 is 1.64. The van der Waals surface area contributed by atoms with Crippen molar-refractivity contribution in [2.75, 3.05) is 12.3 Å². The van der Waals surface area contributed by atoms with Crippen molar-refractivity contribution in [3.8, 4) is 17.1 Å². The standard InChI is InChI=1S/C22H26N4OS/c1-3-14-23-20(27)13-8-15-28-22-25-24-21(18-10-5-4-6-11-18)26(22)19-12-7-9-17(2)16-19/h4-7,9-12,16H,3,8,13-15H2,1-2H3,(H,23,27). The van der Waals surface area contributed by atoms with Crippen molar-refractivity contribution in [1.82, 2.24) is 20.1 Å². The molecule has 5 nitrogen and oxygen atoms in total. The van der Waals surface area contributed by atoms with Gasteiger partial charge in [0, 0.05) is 30.0 Å². The van der Waals surface area contributed by atoms with Crippen LogP contribution < -0.4 is 5.32 Å². The molecule has 2 aromatic carbocycles. The highest BCUT2D eigenvalue weighted by Crippen LogP contribution is 2.28. The van der Waals surface area contributed by atoms with E-state index < -0.39 is 0 Å². The summed E-state index contributed by atoms with van der Waals surface area (Å²) in [6.07, 6.45) is 2.31. The van der Waals surface area contributed by atoms with E-state index >= 15 is 0 Å². The molecular weight excluding hydrogens is 368 g/mol. The number of rotatable bonds is 9. The van der Waals surface area contributed by atoms with Crippen LogP contribution >= 0.6 is 11.8 Å². The molecule has 0 aliphatic heterocycles. The quantitative estimate of drug-likeness (QED) is 0.424. The summed E-state index contributed by atoms with van der Waals surface area (Å²) < 4.78 is 2.10. The Morgan fingerprint density at radius 1 is 1.11 bits per heavy atom. The molecule has 0 radical (unpaired) electrons. The van der Waals surface area contributed by atoms with Gasteiger partial charge < -0.3 is 5.32 Å². The summed E-state index contributed by atoms with van der Waals surface area (Å²) in [7, 11) is 0. The lowest BCUT2D eigenvalue weighted by atomic mass is 10.2. The molecule has 3 rings (SSSR count). The van der Waals surface area contributed by atoms with E-state index in [9.17, 15) is 4.79 Å². The molecule has 0 aliphatic rings. The Kier molecular flexibility index (Phi) is 7.25. The first-order valence-electron chi connectivity index (χ1n) is 9.66. The van der Waals surface area contributed by atoms with E-state index in [4.69, 9.17) is 0 Å². The van der Waals surface area contributed by atoms with E-state index in [0.717, 1.165) is 47.4 Å². The normalized spacial score (nSPS) is 10.8. The third-order valence-electron chi connectivity index (χ3n) is 4.28. The van der Waals surface area contributed by atoms with Crippen LogP contribution in [0.5, 0.6) is 0 Å². The first-order chi connectivity index (χ1) is 13.7. The summed E-state index contributed by atoms with van der Waals surface area (Å²) in [6.45, 7) is 4.88. The Morgan fingerprint density at radius 3 is 2.68 bits per heavy atom. The molecule has 6 heteroatoms. The predicted molar refractivity (Wildman–Crippen MR) is 115 cm³/mol. The number of nitrogens with one attached hydrogen (secondary N) is 1. The van der Waals surface area contributed by atoms with Gasteiger partial charge in [0.15, 0.2) is 11.0 Å². The Hall–Kier alpha value is -2.60. The molecule has 0 atom stereocenters. The smallest absolute Gasteiger partial charge is 0.220 e. The average Bonchev–Trinajstić information content (AvgIpc) is 3.14. The van der Waals surface area contributed by atoms with E-state index in [1.54, 1.807) is 11.8 Å². The highest BCUT2D eigenvalue weighted by Gasteiger charge is 2.16. The zero-order valence-corrected chi connectivity index (χ0v) is 17.2. The minimum absolute atomic E-state index is 0.118. The van der Waals surface area contributed by atoms with Crippen molar-refractivity contribution in [2.24, 2.45) is 0 Å². The molecule has 1 aromatic heterocycles. The number of thioether (sulfide) groups is 1. The Labute approximate surface area is 170 Å². The summed E-state index contributed by atoms with van der Waals surface area (Å²) in [5.41, 5.74) is 3.27.